The molecule has 1 aliphatic heterocycles. The third-order valence-corrected chi connectivity index (χ3v) is 5.87. The van der Waals surface area contributed by atoms with Gasteiger partial charge in [0.25, 0.3) is 5.56 Å². The molecule has 1 N–H and O–H groups in total. The van der Waals surface area contributed by atoms with E-state index in [9.17, 15) is 14.7 Å². The van der Waals surface area contributed by atoms with Crippen LogP contribution < -0.4 is 5.56 Å². The van der Waals surface area contributed by atoms with Gasteiger partial charge in [0.15, 0.2) is 0 Å². The van der Waals surface area contributed by atoms with Gasteiger partial charge in [0.05, 0.1) is 5.56 Å². The molecule has 0 aliphatic carbocycles. The van der Waals surface area contributed by atoms with Crippen LogP contribution in [0.15, 0.2) is 59.4 Å². The van der Waals surface area contributed by atoms with Crippen molar-refractivity contribution < 1.29 is 9.90 Å². The van der Waals surface area contributed by atoms with E-state index >= 15 is 0 Å². The number of allylic oxidation sites excluding steroid dienone is 2. The summed E-state index contributed by atoms with van der Waals surface area (Å²) in [5, 5.41) is 9.46. The molecule has 0 radical (unpaired) electrons. The molecule has 0 bridgehead atoms. The number of aromatic nitrogens is 2. The molecule has 0 saturated carbocycles. The van der Waals surface area contributed by atoms with Gasteiger partial charge in [-0.05, 0) is 42.5 Å². The lowest BCUT2D eigenvalue weighted by Crippen LogP contribution is -2.24. The highest BCUT2D eigenvalue weighted by molar-refractivity contribution is 5.96. The molecular formula is C26H26N2O3. The maximum absolute atomic E-state index is 12.9. The second-order valence-electron chi connectivity index (χ2n) is 7.97. The summed E-state index contributed by atoms with van der Waals surface area (Å²) in [4.78, 5) is 28.8. The fourth-order valence-electron chi connectivity index (χ4n) is 4.24. The monoisotopic (exact) mass is 414 g/mol. The first kappa shape index (κ1) is 20.8. The second-order valence-corrected chi connectivity index (χ2v) is 7.97. The zero-order chi connectivity index (χ0) is 22.0. The van der Waals surface area contributed by atoms with E-state index in [4.69, 9.17) is 0 Å². The molecule has 3 aromatic rings. The van der Waals surface area contributed by atoms with Crippen LogP contribution in [0.2, 0.25) is 0 Å². The maximum Gasteiger partial charge on any atom is 0.336 e. The van der Waals surface area contributed by atoms with Gasteiger partial charge in [0.2, 0.25) is 0 Å². The summed E-state index contributed by atoms with van der Waals surface area (Å²) < 4.78 is 2.16. The molecule has 0 fully saturated rings. The predicted octanol–water partition coefficient (Wildman–Crippen LogP) is 4.96. The summed E-state index contributed by atoms with van der Waals surface area (Å²) in [7, 11) is 0. The van der Waals surface area contributed by atoms with Gasteiger partial charge in [-0.25, -0.2) is 4.79 Å². The number of carbonyl (C=O) groups is 1. The van der Waals surface area contributed by atoms with Crippen LogP contribution in [0.5, 0.6) is 0 Å². The molecule has 4 rings (SSSR count). The Hall–Kier alpha value is -3.47. The van der Waals surface area contributed by atoms with Crippen LogP contribution in [0, 0.1) is 0 Å². The van der Waals surface area contributed by atoms with Gasteiger partial charge in [-0.2, -0.15) is 4.98 Å². The molecule has 31 heavy (non-hydrogen) atoms. The third-order valence-electron chi connectivity index (χ3n) is 5.87. The minimum absolute atomic E-state index is 0.138. The fourth-order valence-corrected chi connectivity index (χ4v) is 4.24. The van der Waals surface area contributed by atoms with Crippen LogP contribution >= 0.6 is 0 Å². The number of hydrogen-bond acceptors (Lipinski definition) is 3. The molecule has 0 unspecified atom stereocenters. The van der Waals surface area contributed by atoms with E-state index in [2.05, 4.69) is 29.5 Å². The van der Waals surface area contributed by atoms with E-state index in [1.807, 2.05) is 36.4 Å². The van der Waals surface area contributed by atoms with E-state index in [0.29, 0.717) is 18.4 Å². The van der Waals surface area contributed by atoms with Crippen LogP contribution in [0.4, 0.5) is 0 Å². The topological polar surface area (TPSA) is 72.2 Å². The summed E-state index contributed by atoms with van der Waals surface area (Å²) in [6, 6.07) is 14.8. The first-order valence-electron chi connectivity index (χ1n) is 10.7. The molecule has 1 aliphatic rings. The average molecular weight is 415 g/mol. The molecule has 2 heterocycles. The third kappa shape index (κ3) is 4.08. The SMILES string of the molecule is CCCCc1c(Cc2ccc(-c3ccccc3C(=O)O)cc2)c(=O)nc2n1C(C)=CC2. The fraction of sp³-hybridized carbons (Fsp3) is 0.269. The molecule has 2 aromatic carbocycles. The highest BCUT2D eigenvalue weighted by Gasteiger charge is 2.21. The van der Waals surface area contributed by atoms with Crippen LogP contribution in [0.1, 0.15) is 59.7 Å². The molecule has 158 valence electrons. The Morgan fingerprint density at radius 2 is 1.87 bits per heavy atom. The highest BCUT2D eigenvalue weighted by Crippen LogP contribution is 2.26. The van der Waals surface area contributed by atoms with Gasteiger partial charge in [-0.1, -0.05) is 61.9 Å². The zero-order valence-corrected chi connectivity index (χ0v) is 17.9. The number of aromatic carboxylic acids is 1. The van der Waals surface area contributed by atoms with Gasteiger partial charge in [-0.15, -0.1) is 0 Å². The highest BCUT2D eigenvalue weighted by atomic mass is 16.4. The average Bonchev–Trinajstić information content (AvgIpc) is 3.14. The van der Waals surface area contributed by atoms with Crippen molar-refractivity contribution in [1.29, 1.82) is 0 Å². The maximum atomic E-state index is 12.9. The van der Waals surface area contributed by atoms with Crippen molar-refractivity contribution in [2.45, 2.75) is 46.0 Å². The van der Waals surface area contributed by atoms with Crippen LogP contribution in [-0.2, 0) is 19.3 Å². The molecule has 5 nitrogen and oxygen atoms in total. The van der Waals surface area contributed by atoms with Crippen LogP contribution in [0.25, 0.3) is 16.8 Å². The van der Waals surface area contributed by atoms with Crippen molar-refractivity contribution in [2.75, 3.05) is 0 Å². The first-order valence-corrected chi connectivity index (χ1v) is 10.7. The van der Waals surface area contributed by atoms with E-state index in [-0.39, 0.29) is 11.1 Å². The van der Waals surface area contributed by atoms with Crippen molar-refractivity contribution in [3.8, 4) is 11.1 Å². The Bertz CT molecular complexity index is 1220. The Labute approximate surface area is 181 Å². The molecule has 5 heteroatoms. The van der Waals surface area contributed by atoms with Crippen molar-refractivity contribution in [3.63, 3.8) is 0 Å². The predicted molar refractivity (Wildman–Crippen MR) is 122 cm³/mol. The minimum Gasteiger partial charge on any atom is -0.478 e. The Morgan fingerprint density at radius 3 is 2.58 bits per heavy atom. The number of benzene rings is 2. The Balaban J connectivity index is 1.69. The number of carboxylic acids is 1. The van der Waals surface area contributed by atoms with Gasteiger partial charge < -0.3 is 9.67 Å². The molecule has 0 spiro atoms. The summed E-state index contributed by atoms with van der Waals surface area (Å²) in [5.41, 5.74) is 5.64. The van der Waals surface area contributed by atoms with Crippen molar-refractivity contribution in [3.05, 3.63) is 93.2 Å². The number of rotatable bonds is 7. The van der Waals surface area contributed by atoms with Crippen LogP contribution in [-0.4, -0.2) is 20.6 Å². The number of nitrogens with zero attached hydrogens (tertiary/aromatic N) is 2. The lowest BCUT2D eigenvalue weighted by Gasteiger charge is -2.17. The number of fused-ring (bicyclic) bond motifs is 1. The summed E-state index contributed by atoms with van der Waals surface area (Å²) in [5.74, 6) is -0.112. The van der Waals surface area contributed by atoms with Gasteiger partial charge in [-0.3, -0.25) is 4.79 Å². The molecular weight excluding hydrogens is 388 g/mol. The summed E-state index contributed by atoms with van der Waals surface area (Å²) >= 11 is 0. The Morgan fingerprint density at radius 1 is 1.13 bits per heavy atom. The van der Waals surface area contributed by atoms with Crippen molar-refractivity contribution in [1.82, 2.24) is 9.55 Å². The van der Waals surface area contributed by atoms with Gasteiger partial charge in [0.1, 0.15) is 5.82 Å². The van der Waals surface area contributed by atoms with Gasteiger partial charge >= 0.3 is 5.97 Å². The number of carboxylic acid groups (broad SMARTS) is 1. The summed E-state index contributed by atoms with van der Waals surface area (Å²) in [6.45, 7) is 4.22. The van der Waals surface area contributed by atoms with E-state index in [0.717, 1.165) is 53.2 Å². The van der Waals surface area contributed by atoms with Crippen molar-refractivity contribution >= 4 is 11.7 Å². The molecule has 0 atom stereocenters. The molecule has 1 aromatic heterocycles. The van der Waals surface area contributed by atoms with Crippen molar-refractivity contribution in [2.24, 2.45) is 0 Å². The standard InChI is InChI=1S/C26H26N2O3/c1-3-4-9-23-22(25(29)27-24-15-10-17(2)28(23)24)16-18-11-13-19(14-12-18)20-7-5-6-8-21(20)26(30)31/h5-8,10-14H,3-4,9,15-16H2,1-2H3,(H,30,31). The lowest BCUT2D eigenvalue weighted by atomic mass is 9.96. The van der Waals surface area contributed by atoms with Gasteiger partial charge in [0, 0.05) is 29.8 Å². The largest absolute Gasteiger partial charge is 0.478 e. The molecule has 0 saturated heterocycles. The van der Waals surface area contributed by atoms with E-state index < -0.39 is 5.97 Å². The number of hydrogen-bond donors (Lipinski definition) is 1. The second kappa shape index (κ2) is 8.72. The molecule has 0 amide bonds. The zero-order valence-electron chi connectivity index (χ0n) is 17.9. The first-order chi connectivity index (χ1) is 15.0. The lowest BCUT2D eigenvalue weighted by molar-refractivity contribution is 0.0697. The normalized spacial score (nSPS) is 12.5. The Kier molecular flexibility index (Phi) is 5.85. The quantitative estimate of drug-likeness (QED) is 0.593. The smallest absolute Gasteiger partial charge is 0.336 e. The summed E-state index contributed by atoms with van der Waals surface area (Å²) in [6.07, 6.45) is 6.28. The van der Waals surface area contributed by atoms with E-state index in [1.165, 1.54) is 0 Å². The van der Waals surface area contributed by atoms with E-state index in [1.54, 1.807) is 12.1 Å². The van der Waals surface area contributed by atoms with Crippen LogP contribution in [0.3, 0.4) is 0 Å². The number of unbranched alkanes of at least 4 members (excludes halogenated alkanes) is 1. The minimum atomic E-state index is -0.944.